The number of hydrogen-bond donors (Lipinski definition) is 2. The van der Waals surface area contributed by atoms with Gasteiger partial charge in [-0.1, -0.05) is 6.42 Å². The van der Waals surface area contributed by atoms with Gasteiger partial charge in [0.1, 0.15) is 5.75 Å². The summed E-state index contributed by atoms with van der Waals surface area (Å²) in [6.07, 6.45) is 3.25. The Balaban J connectivity index is 1.83. The number of benzene rings is 1. The summed E-state index contributed by atoms with van der Waals surface area (Å²) in [5.41, 5.74) is -0.726. The van der Waals surface area contributed by atoms with Crippen LogP contribution in [0.1, 0.15) is 19.3 Å². The van der Waals surface area contributed by atoms with E-state index in [1.807, 2.05) is 0 Å². The van der Waals surface area contributed by atoms with Crippen molar-refractivity contribution in [1.29, 1.82) is 0 Å². The van der Waals surface area contributed by atoms with Crippen LogP contribution in [0, 0.1) is 11.3 Å². The van der Waals surface area contributed by atoms with Crippen LogP contribution in [0.5, 0.6) is 5.75 Å². The molecule has 0 aromatic heterocycles. The Morgan fingerprint density at radius 2 is 2.12 bits per heavy atom. The number of ether oxygens (including phenoxy) is 1. The van der Waals surface area contributed by atoms with Crippen molar-refractivity contribution in [2.45, 2.75) is 24.2 Å². The van der Waals surface area contributed by atoms with Crippen LogP contribution in [0.4, 0.5) is 10.5 Å². The highest BCUT2D eigenvalue weighted by molar-refractivity contribution is 7.90. The van der Waals surface area contributed by atoms with Crippen molar-refractivity contribution in [3.05, 3.63) is 18.2 Å². The first kappa shape index (κ1) is 18.5. The number of hydrogen-bond acceptors (Lipinski definition) is 5. The molecular formula is C17H22N2O6S. The third-order valence-electron chi connectivity index (χ3n) is 5.41. The zero-order chi connectivity index (χ0) is 19.1. The van der Waals surface area contributed by atoms with E-state index in [0.29, 0.717) is 18.7 Å². The second-order valence-corrected chi connectivity index (χ2v) is 8.98. The minimum absolute atomic E-state index is 0.0439. The highest BCUT2D eigenvalue weighted by Crippen LogP contribution is 2.49. The van der Waals surface area contributed by atoms with Gasteiger partial charge in [0, 0.05) is 25.4 Å². The van der Waals surface area contributed by atoms with Crippen molar-refractivity contribution in [2.24, 2.45) is 11.3 Å². The molecule has 1 heterocycles. The smallest absolute Gasteiger partial charge is 0.321 e. The number of carbonyl (C=O) groups excluding carboxylic acids is 1. The number of aliphatic carboxylic acids is 1. The number of amides is 2. The fraction of sp³-hybridized carbons (Fsp3) is 0.529. The van der Waals surface area contributed by atoms with Gasteiger partial charge < -0.3 is 20.1 Å². The molecule has 1 saturated carbocycles. The maximum Gasteiger partial charge on any atom is 0.321 e. The highest BCUT2D eigenvalue weighted by atomic mass is 32.2. The lowest BCUT2D eigenvalue weighted by Gasteiger charge is -2.23. The largest absolute Gasteiger partial charge is 0.497 e. The van der Waals surface area contributed by atoms with Gasteiger partial charge in [-0.3, -0.25) is 4.79 Å². The lowest BCUT2D eigenvalue weighted by Crippen LogP contribution is -2.38. The molecule has 26 heavy (non-hydrogen) atoms. The molecule has 9 heteroatoms. The molecule has 1 aliphatic carbocycles. The van der Waals surface area contributed by atoms with E-state index < -0.39 is 27.3 Å². The van der Waals surface area contributed by atoms with Crippen LogP contribution in [-0.2, 0) is 14.6 Å². The second kappa shape index (κ2) is 6.46. The third-order valence-corrected chi connectivity index (χ3v) is 6.55. The van der Waals surface area contributed by atoms with Gasteiger partial charge in [0.05, 0.1) is 23.1 Å². The number of carbonyl (C=O) groups is 2. The monoisotopic (exact) mass is 382 g/mol. The zero-order valence-electron chi connectivity index (χ0n) is 14.7. The summed E-state index contributed by atoms with van der Waals surface area (Å²) >= 11 is 0. The molecule has 0 unspecified atom stereocenters. The number of carboxylic acids is 1. The van der Waals surface area contributed by atoms with Gasteiger partial charge in [-0.2, -0.15) is 0 Å². The van der Waals surface area contributed by atoms with Crippen molar-refractivity contribution in [3.63, 3.8) is 0 Å². The number of carboxylic acid groups (broad SMARTS) is 1. The minimum Gasteiger partial charge on any atom is -0.497 e. The second-order valence-electron chi connectivity index (χ2n) is 7.00. The molecule has 1 saturated heterocycles. The molecule has 2 aliphatic rings. The van der Waals surface area contributed by atoms with Crippen molar-refractivity contribution in [2.75, 3.05) is 31.8 Å². The van der Waals surface area contributed by atoms with Crippen LogP contribution >= 0.6 is 0 Å². The topological polar surface area (TPSA) is 113 Å². The Morgan fingerprint density at radius 1 is 1.38 bits per heavy atom. The first-order valence-corrected chi connectivity index (χ1v) is 10.2. The molecule has 8 nitrogen and oxygen atoms in total. The number of urea groups is 1. The van der Waals surface area contributed by atoms with E-state index >= 15 is 0 Å². The third kappa shape index (κ3) is 3.11. The predicted octanol–water partition coefficient (Wildman–Crippen LogP) is 1.82. The molecule has 1 aromatic rings. The van der Waals surface area contributed by atoms with Crippen molar-refractivity contribution < 1.29 is 27.9 Å². The standard InChI is InChI=1S/C17H22N2O6S/c1-25-12-5-6-13(14(8-12)26(2,23)24)18-16(22)19-9-11-4-3-7-17(11,10-19)15(20)21/h5-6,8,11H,3-4,7,9-10H2,1-2H3,(H,18,22)(H,20,21)/t11-,17+/m0/s1. The van der Waals surface area contributed by atoms with E-state index in [4.69, 9.17) is 4.74 Å². The molecule has 1 aliphatic heterocycles. The summed E-state index contributed by atoms with van der Waals surface area (Å²) in [4.78, 5) is 25.8. The Bertz CT molecular complexity index is 853. The van der Waals surface area contributed by atoms with Gasteiger partial charge in [-0.15, -0.1) is 0 Å². The van der Waals surface area contributed by atoms with E-state index in [1.165, 1.54) is 24.1 Å². The zero-order valence-corrected chi connectivity index (χ0v) is 15.5. The van der Waals surface area contributed by atoms with Gasteiger partial charge in [0.15, 0.2) is 9.84 Å². The Labute approximate surface area is 152 Å². The number of sulfone groups is 1. The molecule has 142 valence electrons. The van der Waals surface area contributed by atoms with E-state index in [0.717, 1.165) is 19.1 Å². The van der Waals surface area contributed by atoms with Gasteiger partial charge in [-0.25, -0.2) is 13.2 Å². The quantitative estimate of drug-likeness (QED) is 0.821. The fourth-order valence-electron chi connectivity index (χ4n) is 4.03. The lowest BCUT2D eigenvalue weighted by atomic mass is 9.81. The summed E-state index contributed by atoms with van der Waals surface area (Å²) in [5.74, 6) is -0.559. The minimum atomic E-state index is -3.58. The number of nitrogens with one attached hydrogen (secondary N) is 1. The fourth-order valence-corrected chi connectivity index (χ4v) is 4.88. The number of fused-ring (bicyclic) bond motifs is 1. The molecule has 3 rings (SSSR count). The van der Waals surface area contributed by atoms with E-state index in [9.17, 15) is 23.1 Å². The number of nitrogens with zero attached hydrogens (tertiary/aromatic N) is 1. The maximum atomic E-state index is 12.6. The number of likely N-dealkylation sites (tertiary alicyclic amines) is 1. The molecule has 2 atom stereocenters. The summed E-state index contributed by atoms with van der Waals surface area (Å²) < 4.78 is 29.1. The van der Waals surface area contributed by atoms with E-state index in [2.05, 4.69) is 5.32 Å². The number of anilines is 1. The average Bonchev–Trinajstić information content (AvgIpc) is 3.12. The first-order valence-electron chi connectivity index (χ1n) is 8.35. The van der Waals surface area contributed by atoms with Crippen molar-refractivity contribution in [3.8, 4) is 5.75 Å². The molecule has 0 bridgehead atoms. The van der Waals surface area contributed by atoms with Crippen molar-refractivity contribution >= 4 is 27.5 Å². The SMILES string of the molecule is COc1ccc(NC(=O)N2C[C@@H]3CCC[C@@]3(C(=O)O)C2)c(S(C)(=O)=O)c1. The molecule has 1 aromatic carbocycles. The van der Waals surface area contributed by atoms with Gasteiger partial charge in [0.25, 0.3) is 0 Å². The summed E-state index contributed by atoms with van der Waals surface area (Å²) in [6.45, 7) is 0.506. The summed E-state index contributed by atoms with van der Waals surface area (Å²) in [7, 11) is -2.16. The molecule has 0 spiro atoms. The Morgan fingerprint density at radius 3 is 2.69 bits per heavy atom. The highest BCUT2D eigenvalue weighted by Gasteiger charge is 2.55. The average molecular weight is 382 g/mol. The first-order chi connectivity index (χ1) is 12.2. The predicted molar refractivity (Wildman–Crippen MR) is 94.1 cm³/mol. The van der Waals surface area contributed by atoms with E-state index in [-0.39, 0.29) is 23.0 Å². The molecule has 2 N–H and O–H groups in total. The van der Waals surface area contributed by atoms with E-state index in [1.54, 1.807) is 6.07 Å². The lowest BCUT2D eigenvalue weighted by molar-refractivity contribution is -0.149. The Hall–Kier alpha value is -2.29. The molecular weight excluding hydrogens is 360 g/mol. The molecule has 2 amide bonds. The Kier molecular flexibility index (Phi) is 4.60. The van der Waals surface area contributed by atoms with Crippen LogP contribution in [0.3, 0.4) is 0 Å². The van der Waals surface area contributed by atoms with Gasteiger partial charge in [0.2, 0.25) is 0 Å². The van der Waals surface area contributed by atoms with Crippen LogP contribution in [-0.4, -0.2) is 56.9 Å². The number of rotatable bonds is 4. The van der Waals surface area contributed by atoms with Crippen LogP contribution in [0.25, 0.3) is 0 Å². The van der Waals surface area contributed by atoms with Crippen LogP contribution in [0.15, 0.2) is 23.1 Å². The summed E-state index contributed by atoms with van der Waals surface area (Å²) in [5, 5.41) is 12.2. The van der Waals surface area contributed by atoms with Gasteiger partial charge >= 0.3 is 12.0 Å². The number of methoxy groups -OCH3 is 1. The summed E-state index contributed by atoms with van der Waals surface area (Å²) in [6, 6.07) is 3.89. The maximum absolute atomic E-state index is 12.6. The normalized spacial score (nSPS) is 25.0. The molecule has 2 fully saturated rings. The van der Waals surface area contributed by atoms with Gasteiger partial charge in [-0.05, 0) is 30.9 Å². The van der Waals surface area contributed by atoms with Crippen LogP contribution in [0.2, 0.25) is 0 Å². The van der Waals surface area contributed by atoms with Crippen LogP contribution < -0.4 is 10.1 Å². The van der Waals surface area contributed by atoms with Crippen molar-refractivity contribution in [1.82, 2.24) is 4.90 Å². The molecule has 0 radical (unpaired) electrons.